The highest BCUT2D eigenvalue weighted by Crippen LogP contribution is 2.40. The van der Waals surface area contributed by atoms with Crippen LogP contribution in [0.1, 0.15) is 71.0 Å². The maximum absolute atomic E-state index is 6.55. The summed E-state index contributed by atoms with van der Waals surface area (Å²) >= 11 is 0. The molecule has 1 nitrogen and oxygen atoms in total. The van der Waals surface area contributed by atoms with E-state index >= 15 is 0 Å². The first-order chi connectivity index (χ1) is 9.94. The molecule has 0 amide bonds. The van der Waals surface area contributed by atoms with E-state index in [9.17, 15) is 0 Å². The van der Waals surface area contributed by atoms with Crippen LogP contribution in [0.25, 0.3) is 0 Å². The van der Waals surface area contributed by atoms with Crippen molar-refractivity contribution in [3.63, 3.8) is 0 Å². The largest absolute Gasteiger partial charge is 0.354 e. The summed E-state index contributed by atoms with van der Waals surface area (Å²) in [6.45, 7) is 6.78. The first kappa shape index (κ1) is 16.1. The Hall–Kier alpha value is -1.26. The second kappa shape index (κ2) is 6.67. The minimum atomic E-state index is -0.357. The minimum absolute atomic E-state index is 0.0837. The molecule has 0 saturated heterocycles. The number of rotatable bonds is 4. The fraction of sp³-hybridized carbons (Fsp3) is 0.600. The molecular formula is C20H28O. The lowest BCUT2D eigenvalue weighted by atomic mass is 9.83. The van der Waals surface area contributed by atoms with E-state index in [2.05, 4.69) is 57.0 Å². The van der Waals surface area contributed by atoms with Gasteiger partial charge in [0.05, 0.1) is 6.10 Å². The molecule has 1 saturated carbocycles. The van der Waals surface area contributed by atoms with Gasteiger partial charge < -0.3 is 4.74 Å². The summed E-state index contributed by atoms with van der Waals surface area (Å²) in [5.74, 6) is 2.98. The monoisotopic (exact) mass is 284 g/mol. The molecule has 0 N–H and O–H groups in total. The predicted octanol–water partition coefficient (Wildman–Crippen LogP) is 5.52. The van der Waals surface area contributed by atoms with Crippen LogP contribution in [-0.4, -0.2) is 5.60 Å². The highest BCUT2D eigenvalue weighted by Gasteiger charge is 2.35. The van der Waals surface area contributed by atoms with Gasteiger partial charge in [0.1, 0.15) is 5.60 Å². The number of hydrogen-bond donors (Lipinski definition) is 0. The fourth-order valence-corrected chi connectivity index (χ4v) is 3.14. The van der Waals surface area contributed by atoms with Crippen molar-refractivity contribution in [3.8, 4) is 12.3 Å². The molecule has 0 radical (unpaired) electrons. The van der Waals surface area contributed by atoms with Crippen LogP contribution < -0.4 is 0 Å². The molecule has 1 heteroatoms. The molecule has 1 aliphatic carbocycles. The molecule has 21 heavy (non-hydrogen) atoms. The van der Waals surface area contributed by atoms with E-state index in [0.29, 0.717) is 0 Å². The lowest BCUT2D eigenvalue weighted by Gasteiger charge is -2.38. The third-order valence-corrected chi connectivity index (χ3v) is 4.26. The molecule has 1 aromatic rings. The summed E-state index contributed by atoms with van der Waals surface area (Å²) in [5.41, 5.74) is 1.10. The fourth-order valence-electron chi connectivity index (χ4n) is 3.14. The van der Waals surface area contributed by atoms with E-state index in [4.69, 9.17) is 11.2 Å². The van der Waals surface area contributed by atoms with E-state index in [1.165, 1.54) is 24.8 Å². The Balaban J connectivity index is 2.21. The number of benzene rings is 1. The van der Waals surface area contributed by atoms with Gasteiger partial charge in [-0.15, -0.1) is 6.42 Å². The van der Waals surface area contributed by atoms with Gasteiger partial charge in [-0.25, -0.2) is 0 Å². The summed E-state index contributed by atoms with van der Waals surface area (Å²) in [5, 5.41) is 0. The van der Waals surface area contributed by atoms with E-state index in [-0.39, 0.29) is 17.1 Å². The van der Waals surface area contributed by atoms with Crippen LogP contribution in [0.4, 0.5) is 0 Å². The predicted molar refractivity (Wildman–Crippen MR) is 89.0 cm³/mol. The van der Waals surface area contributed by atoms with Gasteiger partial charge >= 0.3 is 0 Å². The number of hydrogen-bond acceptors (Lipinski definition) is 1. The first-order valence-corrected chi connectivity index (χ1v) is 8.15. The van der Waals surface area contributed by atoms with Gasteiger partial charge in [-0.05, 0) is 43.1 Å². The van der Waals surface area contributed by atoms with E-state index in [0.717, 1.165) is 19.3 Å². The SMILES string of the molecule is C#CC1(O[C@@H](CC(C)(C)C)c2ccccc2)CCCCC1. The highest BCUT2D eigenvalue weighted by molar-refractivity contribution is 5.19. The van der Waals surface area contributed by atoms with Crippen molar-refractivity contribution in [1.29, 1.82) is 0 Å². The normalized spacial score (nSPS) is 19.7. The average molecular weight is 284 g/mol. The standard InChI is InChI=1S/C20H28O/c1-5-20(14-10-7-11-15-20)21-18(16-19(2,3)4)17-12-8-6-9-13-17/h1,6,8-9,12-13,18H,7,10-11,14-16H2,2-4H3/t18-/m0/s1. The zero-order valence-corrected chi connectivity index (χ0v) is 13.7. The zero-order chi connectivity index (χ0) is 15.3. The summed E-state index contributed by atoms with van der Waals surface area (Å²) < 4.78 is 6.55. The highest BCUT2D eigenvalue weighted by atomic mass is 16.5. The zero-order valence-electron chi connectivity index (χ0n) is 13.7. The van der Waals surface area contributed by atoms with Gasteiger partial charge in [0.2, 0.25) is 0 Å². The van der Waals surface area contributed by atoms with Gasteiger partial charge in [0, 0.05) is 0 Å². The van der Waals surface area contributed by atoms with Crippen LogP contribution >= 0.6 is 0 Å². The van der Waals surface area contributed by atoms with Crippen molar-refractivity contribution >= 4 is 0 Å². The Bertz CT molecular complexity index is 469. The van der Waals surface area contributed by atoms with Crippen molar-refractivity contribution in [2.45, 2.75) is 71.0 Å². The molecule has 1 atom stereocenters. The third kappa shape index (κ3) is 4.61. The molecule has 1 fully saturated rings. The Kier molecular flexibility index (Phi) is 5.12. The molecule has 0 aromatic heterocycles. The average Bonchev–Trinajstić information content (AvgIpc) is 2.47. The van der Waals surface area contributed by atoms with Crippen molar-refractivity contribution in [3.05, 3.63) is 35.9 Å². The minimum Gasteiger partial charge on any atom is -0.354 e. The third-order valence-electron chi connectivity index (χ3n) is 4.26. The van der Waals surface area contributed by atoms with Crippen LogP contribution in [0, 0.1) is 17.8 Å². The lowest BCUT2D eigenvalue weighted by molar-refractivity contribution is -0.0909. The number of terminal acetylenes is 1. The topological polar surface area (TPSA) is 9.23 Å². The molecule has 0 aliphatic heterocycles. The smallest absolute Gasteiger partial charge is 0.129 e. The summed E-state index contributed by atoms with van der Waals surface area (Å²) in [6, 6.07) is 10.5. The van der Waals surface area contributed by atoms with Crippen LogP contribution in [0.3, 0.4) is 0 Å². The molecule has 0 spiro atoms. The molecule has 1 aliphatic rings. The van der Waals surface area contributed by atoms with Crippen LogP contribution in [0.15, 0.2) is 30.3 Å². The Morgan fingerprint density at radius 3 is 2.29 bits per heavy atom. The summed E-state index contributed by atoms with van der Waals surface area (Å²) in [4.78, 5) is 0. The van der Waals surface area contributed by atoms with Crippen molar-refractivity contribution in [1.82, 2.24) is 0 Å². The molecule has 0 bridgehead atoms. The van der Waals surface area contributed by atoms with Gasteiger partial charge in [-0.2, -0.15) is 0 Å². The number of ether oxygens (including phenoxy) is 1. The maximum atomic E-state index is 6.55. The van der Waals surface area contributed by atoms with E-state index in [1.54, 1.807) is 0 Å². The Morgan fingerprint density at radius 2 is 1.76 bits per heavy atom. The quantitative estimate of drug-likeness (QED) is 0.662. The Labute approximate surface area is 130 Å². The van der Waals surface area contributed by atoms with Gasteiger partial charge in [0.15, 0.2) is 0 Å². The van der Waals surface area contributed by atoms with Crippen molar-refractivity contribution < 1.29 is 4.74 Å². The van der Waals surface area contributed by atoms with Gasteiger partial charge in [-0.1, -0.05) is 63.4 Å². The first-order valence-electron chi connectivity index (χ1n) is 8.15. The summed E-state index contributed by atoms with van der Waals surface area (Å²) in [7, 11) is 0. The molecular weight excluding hydrogens is 256 g/mol. The molecule has 2 rings (SSSR count). The lowest BCUT2D eigenvalue weighted by Crippen LogP contribution is -2.35. The molecule has 0 unspecified atom stereocenters. The maximum Gasteiger partial charge on any atom is 0.129 e. The Morgan fingerprint density at radius 1 is 1.14 bits per heavy atom. The second-order valence-corrected chi connectivity index (χ2v) is 7.48. The van der Waals surface area contributed by atoms with Gasteiger partial charge in [-0.3, -0.25) is 0 Å². The molecule has 1 aromatic carbocycles. The van der Waals surface area contributed by atoms with Gasteiger partial charge in [0.25, 0.3) is 0 Å². The second-order valence-electron chi connectivity index (χ2n) is 7.48. The van der Waals surface area contributed by atoms with Crippen LogP contribution in [0.2, 0.25) is 0 Å². The van der Waals surface area contributed by atoms with Crippen molar-refractivity contribution in [2.75, 3.05) is 0 Å². The van der Waals surface area contributed by atoms with Crippen LogP contribution in [0.5, 0.6) is 0 Å². The van der Waals surface area contributed by atoms with E-state index in [1.807, 2.05) is 0 Å². The van der Waals surface area contributed by atoms with E-state index < -0.39 is 0 Å². The summed E-state index contributed by atoms with van der Waals surface area (Å²) in [6.07, 6.45) is 12.6. The van der Waals surface area contributed by atoms with Crippen LogP contribution in [-0.2, 0) is 4.74 Å². The molecule has 0 heterocycles. The van der Waals surface area contributed by atoms with Crippen molar-refractivity contribution in [2.24, 2.45) is 5.41 Å². The molecule has 114 valence electrons.